The maximum absolute atomic E-state index is 11.7. The minimum Gasteiger partial charge on any atom is -0.354 e. The molecule has 0 aromatic heterocycles. The Bertz CT molecular complexity index is 424. The lowest BCUT2D eigenvalue weighted by atomic mass is 10.2. The maximum Gasteiger partial charge on any atom is 0.251 e. The molecule has 1 aromatic carbocycles. The number of alkyl halides is 1. The van der Waals surface area contributed by atoms with E-state index in [0.29, 0.717) is 29.6 Å². The van der Waals surface area contributed by atoms with Crippen molar-refractivity contribution < 1.29 is 9.59 Å². The Labute approximate surface area is 116 Å². The largest absolute Gasteiger partial charge is 0.354 e. The molecular formula is C12H14Cl2N2O2. The van der Waals surface area contributed by atoms with Crippen LogP contribution in [0, 0.1) is 0 Å². The van der Waals surface area contributed by atoms with Gasteiger partial charge in [-0.2, -0.15) is 0 Å². The van der Waals surface area contributed by atoms with Crippen LogP contribution in [0.2, 0.25) is 5.02 Å². The van der Waals surface area contributed by atoms with Gasteiger partial charge in [0.05, 0.1) is 0 Å². The van der Waals surface area contributed by atoms with Crippen LogP contribution in [0.4, 0.5) is 0 Å². The van der Waals surface area contributed by atoms with E-state index in [1.807, 2.05) is 0 Å². The van der Waals surface area contributed by atoms with E-state index >= 15 is 0 Å². The first-order chi connectivity index (χ1) is 8.63. The average molecular weight is 289 g/mol. The predicted octanol–water partition coefficient (Wildman–Crippen LogP) is 1.81. The molecule has 0 aliphatic heterocycles. The third-order valence-electron chi connectivity index (χ3n) is 2.14. The minimum absolute atomic E-state index is 0.123. The van der Waals surface area contributed by atoms with Crippen LogP contribution >= 0.6 is 23.2 Å². The molecule has 2 amide bonds. The summed E-state index contributed by atoms with van der Waals surface area (Å²) < 4.78 is 0. The highest BCUT2D eigenvalue weighted by Crippen LogP contribution is 2.10. The summed E-state index contributed by atoms with van der Waals surface area (Å²) >= 11 is 11.2. The van der Waals surface area contributed by atoms with Gasteiger partial charge >= 0.3 is 0 Å². The first-order valence-corrected chi connectivity index (χ1v) is 6.41. The zero-order chi connectivity index (χ0) is 13.4. The monoisotopic (exact) mass is 288 g/mol. The van der Waals surface area contributed by atoms with Gasteiger partial charge in [0.15, 0.2) is 0 Å². The van der Waals surface area contributed by atoms with Crippen molar-refractivity contribution in [2.45, 2.75) is 6.42 Å². The van der Waals surface area contributed by atoms with E-state index in [4.69, 9.17) is 23.2 Å². The van der Waals surface area contributed by atoms with Gasteiger partial charge in [0.25, 0.3) is 5.91 Å². The first-order valence-electron chi connectivity index (χ1n) is 5.50. The Morgan fingerprint density at radius 2 is 1.89 bits per heavy atom. The van der Waals surface area contributed by atoms with Crippen LogP contribution in [0.5, 0.6) is 0 Å². The quantitative estimate of drug-likeness (QED) is 0.620. The van der Waals surface area contributed by atoms with Crippen LogP contribution in [0.3, 0.4) is 0 Å². The van der Waals surface area contributed by atoms with E-state index in [1.165, 1.54) is 0 Å². The molecule has 0 aliphatic carbocycles. The van der Waals surface area contributed by atoms with Gasteiger partial charge < -0.3 is 10.6 Å². The van der Waals surface area contributed by atoms with Gasteiger partial charge in [-0.3, -0.25) is 9.59 Å². The molecule has 0 saturated carbocycles. The summed E-state index contributed by atoms with van der Waals surface area (Å²) in [5.41, 5.74) is 0.495. The predicted molar refractivity (Wildman–Crippen MR) is 72.1 cm³/mol. The van der Waals surface area contributed by atoms with Crippen molar-refractivity contribution in [2.24, 2.45) is 0 Å². The van der Waals surface area contributed by atoms with Gasteiger partial charge in [0.2, 0.25) is 5.91 Å². The molecule has 6 heteroatoms. The fraction of sp³-hybridized carbons (Fsp3) is 0.333. The zero-order valence-corrected chi connectivity index (χ0v) is 11.2. The lowest BCUT2D eigenvalue weighted by Crippen LogP contribution is -2.34. The standard InChI is InChI=1S/C12H14Cl2N2O2/c13-5-4-11(17)15-6-7-16-12(18)9-2-1-3-10(14)8-9/h1-3,8H,4-7H2,(H,15,17)(H,16,18). The Morgan fingerprint density at radius 3 is 2.56 bits per heavy atom. The molecule has 1 aromatic rings. The number of hydrogen-bond donors (Lipinski definition) is 2. The summed E-state index contributed by atoms with van der Waals surface area (Å²) in [7, 11) is 0. The van der Waals surface area contributed by atoms with E-state index in [1.54, 1.807) is 24.3 Å². The molecule has 0 unspecified atom stereocenters. The van der Waals surface area contributed by atoms with Gasteiger partial charge in [-0.1, -0.05) is 17.7 Å². The summed E-state index contributed by atoms with van der Waals surface area (Å²) in [5.74, 6) is -0.0492. The van der Waals surface area contributed by atoms with Crippen molar-refractivity contribution in [1.82, 2.24) is 10.6 Å². The fourth-order valence-corrected chi connectivity index (χ4v) is 1.65. The molecule has 0 fully saturated rings. The number of carbonyl (C=O) groups is 2. The van der Waals surface area contributed by atoms with Gasteiger partial charge in [0, 0.05) is 36.0 Å². The smallest absolute Gasteiger partial charge is 0.251 e. The Balaban J connectivity index is 2.27. The van der Waals surface area contributed by atoms with Gasteiger partial charge in [-0.05, 0) is 18.2 Å². The summed E-state index contributed by atoms with van der Waals surface area (Å²) in [6, 6.07) is 6.67. The fourth-order valence-electron chi connectivity index (χ4n) is 1.28. The number of hydrogen-bond acceptors (Lipinski definition) is 2. The van der Waals surface area contributed by atoms with Crippen molar-refractivity contribution in [3.8, 4) is 0 Å². The minimum atomic E-state index is -0.218. The van der Waals surface area contributed by atoms with Crippen molar-refractivity contribution in [3.63, 3.8) is 0 Å². The number of amides is 2. The zero-order valence-electron chi connectivity index (χ0n) is 9.71. The summed E-state index contributed by atoms with van der Waals surface area (Å²) in [4.78, 5) is 22.7. The SMILES string of the molecule is O=C(CCCl)NCCNC(=O)c1cccc(Cl)c1. The molecule has 0 aliphatic rings. The van der Waals surface area contributed by atoms with E-state index in [9.17, 15) is 9.59 Å². The number of carbonyl (C=O) groups excluding carboxylic acids is 2. The molecule has 0 atom stereocenters. The third-order valence-corrected chi connectivity index (χ3v) is 2.57. The molecule has 0 saturated heterocycles. The van der Waals surface area contributed by atoms with Gasteiger partial charge in [0.1, 0.15) is 0 Å². The number of halogens is 2. The molecule has 18 heavy (non-hydrogen) atoms. The van der Waals surface area contributed by atoms with Crippen LogP contribution in [-0.4, -0.2) is 30.8 Å². The average Bonchev–Trinajstić information content (AvgIpc) is 2.35. The van der Waals surface area contributed by atoms with Crippen molar-refractivity contribution in [2.75, 3.05) is 19.0 Å². The topological polar surface area (TPSA) is 58.2 Å². The van der Waals surface area contributed by atoms with E-state index < -0.39 is 0 Å². The Morgan fingerprint density at radius 1 is 1.17 bits per heavy atom. The molecule has 0 spiro atoms. The normalized spacial score (nSPS) is 9.89. The summed E-state index contributed by atoms with van der Waals surface area (Å²) in [5, 5.41) is 5.83. The molecule has 98 valence electrons. The van der Waals surface area contributed by atoms with Crippen molar-refractivity contribution >= 4 is 35.0 Å². The number of nitrogens with one attached hydrogen (secondary N) is 2. The number of rotatable bonds is 6. The van der Waals surface area contributed by atoms with Gasteiger partial charge in [-0.15, -0.1) is 11.6 Å². The van der Waals surface area contributed by atoms with Crippen LogP contribution < -0.4 is 10.6 Å². The summed E-state index contributed by atoms with van der Waals surface area (Å²) in [6.45, 7) is 0.738. The van der Waals surface area contributed by atoms with Crippen molar-refractivity contribution in [1.29, 1.82) is 0 Å². The van der Waals surface area contributed by atoms with E-state index in [-0.39, 0.29) is 18.2 Å². The second-order valence-corrected chi connectivity index (χ2v) is 4.37. The molecule has 1 rings (SSSR count). The summed E-state index contributed by atoms with van der Waals surface area (Å²) in [6.07, 6.45) is 0.282. The highest BCUT2D eigenvalue weighted by Gasteiger charge is 2.05. The molecule has 0 radical (unpaired) electrons. The second kappa shape index (κ2) is 7.95. The highest BCUT2D eigenvalue weighted by molar-refractivity contribution is 6.30. The maximum atomic E-state index is 11.7. The van der Waals surface area contributed by atoms with Gasteiger partial charge in [-0.25, -0.2) is 0 Å². The van der Waals surface area contributed by atoms with Crippen LogP contribution in [0.15, 0.2) is 24.3 Å². The first kappa shape index (κ1) is 14.8. The lowest BCUT2D eigenvalue weighted by Gasteiger charge is -2.06. The molecule has 4 nitrogen and oxygen atoms in total. The molecule has 0 bridgehead atoms. The van der Waals surface area contributed by atoms with Crippen LogP contribution in [0.1, 0.15) is 16.8 Å². The van der Waals surface area contributed by atoms with Crippen LogP contribution in [-0.2, 0) is 4.79 Å². The van der Waals surface area contributed by atoms with Crippen LogP contribution in [0.25, 0.3) is 0 Å². The molecule has 0 heterocycles. The van der Waals surface area contributed by atoms with E-state index in [0.717, 1.165) is 0 Å². The lowest BCUT2D eigenvalue weighted by molar-refractivity contribution is -0.120. The molecule has 2 N–H and O–H groups in total. The van der Waals surface area contributed by atoms with E-state index in [2.05, 4.69) is 10.6 Å². The second-order valence-electron chi connectivity index (χ2n) is 3.56. The van der Waals surface area contributed by atoms with Crippen molar-refractivity contribution in [3.05, 3.63) is 34.9 Å². The third kappa shape index (κ3) is 5.38. The molecular weight excluding hydrogens is 275 g/mol. The Kier molecular flexibility index (Phi) is 6.54. The number of benzene rings is 1. The highest BCUT2D eigenvalue weighted by atomic mass is 35.5. The Hall–Kier alpha value is -1.26.